The molecule has 1 aromatic heterocycles. The molecule has 0 aliphatic rings. The van der Waals surface area contributed by atoms with Crippen LogP contribution in [0.1, 0.15) is 23.0 Å². The minimum absolute atomic E-state index is 0.353. The van der Waals surface area contributed by atoms with Gasteiger partial charge in [0, 0.05) is 22.6 Å². The molecule has 0 saturated carbocycles. The summed E-state index contributed by atoms with van der Waals surface area (Å²) in [5, 5.41) is 2.48. The second-order valence-corrected chi connectivity index (χ2v) is 5.98. The van der Waals surface area contributed by atoms with Crippen molar-refractivity contribution in [3.05, 3.63) is 39.3 Å². The number of anilines is 2. The molecule has 4 nitrogen and oxygen atoms in total. The van der Waals surface area contributed by atoms with E-state index in [1.807, 2.05) is 37.1 Å². The molecule has 6 heteroatoms. The van der Waals surface area contributed by atoms with Gasteiger partial charge >= 0.3 is 5.97 Å². The fourth-order valence-corrected chi connectivity index (χ4v) is 2.89. The summed E-state index contributed by atoms with van der Waals surface area (Å²) in [5.74, 6) is -0.380. The lowest BCUT2D eigenvalue weighted by Gasteiger charge is -2.18. The number of nitrogens with zero attached hydrogens (tertiary/aromatic N) is 2. The summed E-state index contributed by atoms with van der Waals surface area (Å²) in [6.07, 6.45) is 0. The first-order chi connectivity index (χ1) is 9.52. The van der Waals surface area contributed by atoms with E-state index in [0.717, 1.165) is 20.9 Å². The topological polar surface area (TPSA) is 42.4 Å². The highest BCUT2D eigenvalue weighted by Crippen LogP contribution is 2.31. The van der Waals surface area contributed by atoms with Crippen LogP contribution in [0.15, 0.2) is 28.1 Å². The number of benzene rings is 1. The highest BCUT2D eigenvalue weighted by Gasteiger charge is 2.16. The maximum atomic E-state index is 11.6. The fraction of sp³-hybridized carbons (Fsp3) is 0.286. The molecule has 0 fully saturated rings. The Hall–Kier alpha value is -1.40. The van der Waals surface area contributed by atoms with Crippen LogP contribution in [0.5, 0.6) is 0 Å². The predicted octanol–water partition coefficient (Wildman–Crippen LogP) is 4.16. The number of ether oxygens (including phenoxy) is 1. The van der Waals surface area contributed by atoms with Gasteiger partial charge in [-0.3, -0.25) is 0 Å². The van der Waals surface area contributed by atoms with Gasteiger partial charge < -0.3 is 9.64 Å². The van der Waals surface area contributed by atoms with Crippen molar-refractivity contribution in [3.63, 3.8) is 0 Å². The second-order valence-electron chi connectivity index (χ2n) is 4.23. The van der Waals surface area contributed by atoms with Crippen LogP contribution in [-0.4, -0.2) is 24.6 Å². The van der Waals surface area contributed by atoms with Gasteiger partial charge in [0.2, 0.25) is 0 Å². The number of hydrogen-bond acceptors (Lipinski definition) is 5. The quantitative estimate of drug-likeness (QED) is 0.773. The Bertz CT molecular complexity index is 627. The average Bonchev–Trinajstić information content (AvgIpc) is 2.91. The van der Waals surface area contributed by atoms with E-state index < -0.39 is 0 Å². The Balaban J connectivity index is 2.27. The van der Waals surface area contributed by atoms with Crippen LogP contribution >= 0.6 is 27.3 Å². The zero-order chi connectivity index (χ0) is 14.7. The minimum atomic E-state index is -0.380. The molecule has 0 aliphatic heterocycles. The lowest BCUT2D eigenvalue weighted by atomic mass is 10.2. The van der Waals surface area contributed by atoms with E-state index in [0.29, 0.717) is 12.3 Å². The van der Waals surface area contributed by atoms with Gasteiger partial charge in [0.05, 0.1) is 6.61 Å². The number of hydrogen-bond donors (Lipinski definition) is 0. The maximum absolute atomic E-state index is 11.6. The Labute approximate surface area is 130 Å². The molecular formula is C14H15BrN2O2S. The molecule has 0 radical (unpaired) electrons. The van der Waals surface area contributed by atoms with Crippen LogP contribution in [0.3, 0.4) is 0 Å². The van der Waals surface area contributed by atoms with E-state index in [1.54, 1.807) is 12.3 Å². The molecular weight excluding hydrogens is 340 g/mol. The summed E-state index contributed by atoms with van der Waals surface area (Å²) in [7, 11) is 1.93. The summed E-state index contributed by atoms with van der Waals surface area (Å²) in [4.78, 5) is 17.9. The van der Waals surface area contributed by atoms with Crippen LogP contribution in [0.25, 0.3) is 0 Å². The number of carbonyl (C=O) groups excluding carboxylic acids is 1. The number of carbonyl (C=O) groups is 1. The van der Waals surface area contributed by atoms with Gasteiger partial charge in [-0.2, -0.15) is 0 Å². The van der Waals surface area contributed by atoms with Gasteiger partial charge in [0.1, 0.15) is 0 Å². The molecule has 2 aromatic rings. The zero-order valence-corrected chi connectivity index (χ0v) is 13.9. The molecule has 0 unspecified atom stereocenters. The summed E-state index contributed by atoms with van der Waals surface area (Å²) >= 11 is 4.89. The molecule has 0 N–H and O–H groups in total. The van der Waals surface area contributed by atoms with Gasteiger partial charge in [0.15, 0.2) is 10.8 Å². The number of esters is 1. The van der Waals surface area contributed by atoms with Crippen LogP contribution in [0.4, 0.5) is 10.8 Å². The molecule has 20 heavy (non-hydrogen) atoms. The number of halogens is 1. The van der Waals surface area contributed by atoms with Crippen LogP contribution in [0, 0.1) is 6.92 Å². The second kappa shape index (κ2) is 6.37. The van der Waals surface area contributed by atoms with Crippen LogP contribution < -0.4 is 4.90 Å². The van der Waals surface area contributed by atoms with Gasteiger partial charge in [0.25, 0.3) is 0 Å². The summed E-state index contributed by atoms with van der Waals surface area (Å²) < 4.78 is 5.96. The largest absolute Gasteiger partial charge is 0.461 e. The highest BCUT2D eigenvalue weighted by atomic mass is 79.9. The molecule has 1 heterocycles. The molecule has 0 spiro atoms. The third-order valence-electron chi connectivity index (χ3n) is 2.80. The van der Waals surface area contributed by atoms with Gasteiger partial charge in [-0.1, -0.05) is 22.0 Å². The molecule has 0 saturated heterocycles. The number of rotatable bonds is 4. The fourth-order valence-electron chi connectivity index (χ4n) is 1.76. The van der Waals surface area contributed by atoms with Crippen molar-refractivity contribution in [2.75, 3.05) is 18.6 Å². The monoisotopic (exact) mass is 354 g/mol. The van der Waals surface area contributed by atoms with Crippen molar-refractivity contribution in [1.82, 2.24) is 4.98 Å². The lowest BCUT2D eigenvalue weighted by molar-refractivity contribution is 0.0520. The van der Waals surface area contributed by atoms with Gasteiger partial charge in [-0.25, -0.2) is 9.78 Å². The molecule has 1 aromatic carbocycles. The number of aryl methyl sites for hydroxylation is 1. The number of aromatic nitrogens is 1. The third kappa shape index (κ3) is 3.19. The Morgan fingerprint density at radius 1 is 1.50 bits per heavy atom. The third-order valence-corrected chi connectivity index (χ3v) is 4.21. The molecule has 2 rings (SSSR count). The molecule has 0 bridgehead atoms. The Morgan fingerprint density at radius 2 is 2.25 bits per heavy atom. The van der Waals surface area contributed by atoms with Crippen molar-refractivity contribution in [2.45, 2.75) is 13.8 Å². The standard InChI is InChI=1S/C14H15BrN2O2S/c1-4-19-13(18)11-8-20-14(16-11)17(3)12-7-10(15)6-5-9(12)2/h5-8H,4H2,1-3H3. The van der Waals surface area contributed by atoms with Crippen molar-refractivity contribution in [3.8, 4) is 0 Å². The maximum Gasteiger partial charge on any atom is 0.357 e. The minimum Gasteiger partial charge on any atom is -0.461 e. The Morgan fingerprint density at radius 3 is 2.95 bits per heavy atom. The summed E-state index contributed by atoms with van der Waals surface area (Å²) in [6, 6.07) is 6.06. The molecule has 0 atom stereocenters. The summed E-state index contributed by atoms with van der Waals surface area (Å²) in [6.45, 7) is 4.17. The SMILES string of the molecule is CCOC(=O)c1csc(N(C)c2cc(Br)ccc2C)n1. The van der Waals surface area contributed by atoms with Gasteiger partial charge in [-0.05, 0) is 31.5 Å². The normalized spacial score (nSPS) is 10.4. The van der Waals surface area contributed by atoms with E-state index in [2.05, 4.69) is 20.9 Å². The molecule has 0 aliphatic carbocycles. The van der Waals surface area contributed by atoms with E-state index in [9.17, 15) is 4.79 Å². The highest BCUT2D eigenvalue weighted by molar-refractivity contribution is 9.10. The van der Waals surface area contributed by atoms with Crippen molar-refractivity contribution < 1.29 is 9.53 Å². The lowest BCUT2D eigenvalue weighted by Crippen LogP contribution is -2.12. The zero-order valence-electron chi connectivity index (χ0n) is 11.5. The van der Waals surface area contributed by atoms with Gasteiger partial charge in [-0.15, -0.1) is 11.3 Å². The van der Waals surface area contributed by atoms with Crippen molar-refractivity contribution >= 4 is 44.1 Å². The first kappa shape index (κ1) is 15.0. The smallest absolute Gasteiger partial charge is 0.357 e. The predicted molar refractivity (Wildman–Crippen MR) is 85.0 cm³/mol. The Kier molecular flexibility index (Phi) is 4.77. The summed E-state index contributed by atoms with van der Waals surface area (Å²) in [5.41, 5.74) is 2.54. The van der Waals surface area contributed by atoms with E-state index >= 15 is 0 Å². The first-order valence-electron chi connectivity index (χ1n) is 6.15. The average molecular weight is 355 g/mol. The van der Waals surface area contributed by atoms with Crippen LogP contribution in [-0.2, 0) is 4.74 Å². The van der Waals surface area contributed by atoms with Crippen LogP contribution in [0.2, 0.25) is 0 Å². The van der Waals surface area contributed by atoms with E-state index in [-0.39, 0.29) is 5.97 Å². The first-order valence-corrected chi connectivity index (χ1v) is 7.82. The molecule has 0 amide bonds. The molecule has 106 valence electrons. The van der Waals surface area contributed by atoms with Crippen molar-refractivity contribution in [2.24, 2.45) is 0 Å². The van der Waals surface area contributed by atoms with E-state index in [1.165, 1.54) is 11.3 Å². The van der Waals surface area contributed by atoms with Crippen molar-refractivity contribution in [1.29, 1.82) is 0 Å². The van der Waals surface area contributed by atoms with E-state index in [4.69, 9.17) is 4.74 Å². The number of thiazole rings is 1.